The summed E-state index contributed by atoms with van der Waals surface area (Å²) in [5, 5.41) is 16.3. The maximum atomic E-state index is 13.4. The molecule has 0 bridgehead atoms. The molecule has 0 aliphatic carbocycles. The molecular weight excluding hydrogens is 389 g/mol. The summed E-state index contributed by atoms with van der Waals surface area (Å²) in [6.45, 7) is 0. The van der Waals surface area contributed by atoms with Gasteiger partial charge < -0.3 is 15.2 Å². The number of benzene rings is 2. The number of ether oxygens (including phenoxy) is 1. The molecule has 0 radical (unpaired) electrons. The van der Waals surface area contributed by atoms with Gasteiger partial charge in [-0.2, -0.15) is 0 Å². The van der Waals surface area contributed by atoms with Gasteiger partial charge in [-0.05, 0) is 18.2 Å². The van der Waals surface area contributed by atoms with Crippen LogP contribution in [-0.4, -0.2) is 22.2 Å². The van der Waals surface area contributed by atoms with Gasteiger partial charge in [-0.25, -0.2) is 9.37 Å². The summed E-state index contributed by atoms with van der Waals surface area (Å²) < 4.78 is 18.5. The highest BCUT2D eigenvalue weighted by Gasteiger charge is 2.11. The summed E-state index contributed by atoms with van der Waals surface area (Å²) in [5.74, 6) is -1.24. The average Bonchev–Trinajstić information content (AvgIpc) is 3.15. The quantitative estimate of drug-likeness (QED) is 0.465. The number of nitrogens with one attached hydrogen (secondary N) is 1. The molecule has 4 rings (SSSR count). The van der Waals surface area contributed by atoms with E-state index in [0.717, 1.165) is 33.9 Å². The van der Waals surface area contributed by atoms with E-state index in [1.54, 1.807) is 19.4 Å². The molecule has 0 unspecified atom stereocenters. The molecule has 5 nitrogen and oxygen atoms in total. The lowest BCUT2D eigenvalue weighted by Gasteiger charge is -2.12. The van der Waals surface area contributed by atoms with Gasteiger partial charge in [-0.3, -0.25) is 4.98 Å². The molecule has 0 saturated carbocycles. The van der Waals surface area contributed by atoms with Gasteiger partial charge >= 0.3 is 0 Å². The number of aromatic nitrogens is 2. The van der Waals surface area contributed by atoms with Crippen LogP contribution in [0, 0.1) is 5.82 Å². The zero-order valence-corrected chi connectivity index (χ0v) is 15.6. The Labute approximate surface area is 163 Å². The summed E-state index contributed by atoms with van der Waals surface area (Å²) >= 11 is 7.50. The molecule has 0 aliphatic heterocycles. The van der Waals surface area contributed by atoms with Crippen molar-refractivity contribution in [2.24, 2.45) is 0 Å². The van der Waals surface area contributed by atoms with Crippen LogP contribution in [-0.2, 0) is 0 Å². The third-order valence-corrected chi connectivity index (χ3v) is 5.12. The minimum atomic E-state index is -0.770. The number of methoxy groups -OCH3 is 1. The van der Waals surface area contributed by atoms with Crippen LogP contribution in [0.3, 0.4) is 0 Å². The second-order valence-electron chi connectivity index (χ2n) is 5.70. The SMILES string of the molecule is COc1nc(-c2ccc3c(Nc4cc(O)c(F)cc4Cl)ccnc3c2)cs1. The number of halogens is 2. The first-order valence-electron chi connectivity index (χ1n) is 7.89. The minimum absolute atomic E-state index is 0.168. The standard InChI is InChI=1S/C19H13ClFN3O2S/c1-26-19-24-17(9-27-19)10-2-3-11-14(4-5-22-15(11)6-10)23-16-8-18(25)13(21)7-12(16)20/h2-9,25H,1H3,(H,22,23). The first-order chi connectivity index (χ1) is 13.0. The molecule has 2 heterocycles. The number of anilines is 2. The molecule has 8 heteroatoms. The van der Waals surface area contributed by atoms with E-state index < -0.39 is 11.6 Å². The van der Waals surface area contributed by atoms with Gasteiger partial charge in [0.1, 0.15) is 0 Å². The topological polar surface area (TPSA) is 67.3 Å². The van der Waals surface area contributed by atoms with Crippen LogP contribution >= 0.6 is 22.9 Å². The maximum absolute atomic E-state index is 13.4. The van der Waals surface area contributed by atoms with Gasteiger partial charge in [0.15, 0.2) is 11.6 Å². The molecule has 0 atom stereocenters. The van der Waals surface area contributed by atoms with E-state index in [9.17, 15) is 9.50 Å². The van der Waals surface area contributed by atoms with E-state index in [1.807, 2.05) is 23.6 Å². The number of hydrogen-bond donors (Lipinski definition) is 2. The second-order valence-corrected chi connectivity index (χ2v) is 6.93. The van der Waals surface area contributed by atoms with Gasteiger partial charge in [-0.15, -0.1) is 0 Å². The van der Waals surface area contributed by atoms with Crippen molar-refractivity contribution < 1.29 is 14.2 Å². The van der Waals surface area contributed by atoms with E-state index in [-0.39, 0.29) is 5.02 Å². The summed E-state index contributed by atoms with van der Waals surface area (Å²) in [6.07, 6.45) is 1.66. The molecule has 0 amide bonds. The molecule has 4 aromatic rings. The van der Waals surface area contributed by atoms with Gasteiger partial charge in [-0.1, -0.05) is 35.1 Å². The number of thiazole rings is 1. The van der Waals surface area contributed by atoms with E-state index in [4.69, 9.17) is 16.3 Å². The molecule has 2 N–H and O–H groups in total. The van der Waals surface area contributed by atoms with E-state index in [1.165, 1.54) is 17.4 Å². The third-order valence-electron chi connectivity index (χ3n) is 4.00. The second kappa shape index (κ2) is 7.02. The number of fused-ring (bicyclic) bond motifs is 1. The van der Waals surface area contributed by atoms with Crippen LogP contribution in [0.2, 0.25) is 5.02 Å². The predicted molar refractivity (Wildman–Crippen MR) is 106 cm³/mol. The lowest BCUT2D eigenvalue weighted by atomic mass is 10.1. The van der Waals surface area contributed by atoms with Crippen LogP contribution in [0.15, 0.2) is 48.0 Å². The number of phenols is 1. The van der Waals surface area contributed by atoms with Crippen LogP contribution in [0.5, 0.6) is 10.9 Å². The number of phenolic OH excluding ortho intramolecular Hbond substituents is 1. The summed E-state index contributed by atoms with van der Waals surface area (Å²) in [5.41, 5.74) is 3.62. The highest BCUT2D eigenvalue weighted by molar-refractivity contribution is 7.11. The zero-order valence-electron chi connectivity index (χ0n) is 14.0. The van der Waals surface area contributed by atoms with Crippen molar-refractivity contribution in [2.45, 2.75) is 0 Å². The van der Waals surface area contributed by atoms with Gasteiger partial charge in [0.2, 0.25) is 0 Å². The average molecular weight is 402 g/mol. The van der Waals surface area contributed by atoms with Crippen molar-refractivity contribution in [2.75, 3.05) is 12.4 Å². The van der Waals surface area contributed by atoms with Gasteiger partial charge in [0.25, 0.3) is 5.19 Å². The highest BCUT2D eigenvalue weighted by Crippen LogP contribution is 2.35. The molecule has 136 valence electrons. The normalized spacial score (nSPS) is 10.9. The lowest BCUT2D eigenvalue weighted by Crippen LogP contribution is -1.94. The number of nitrogens with zero attached hydrogens (tertiary/aromatic N) is 2. The minimum Gasteiger partial charge on any atom is -0.505 e. The van der Waals surface area contributed by atoms with E-state index >= 15 is 0 Å². The third kappa shape index (κ3) is 3.39. The zero-order chi connectivity index (χ0) is 19.0. The number of pyridine rings is 1. The van der Waals surface area contributed by atoms with Crippen LogP contribution in [0.1, 0.15) is 0 Å². The number of aromatic hydroxyl groups is 1. The smallest absolute Gasteiger partial charge is 0.273 e. The Morgan fingerprint density at radius 1 is 1.19 bits per heavy atom. The monoisotopic (exact) mass is 401 g/mol. The fourth-order valence-corrected chi connectivity index (χ4v) is 3.52. The Kier molecular flexibility index (Phi) is 4.55. The van der Waals surface area contributed by atoms with Gasteiger partial charge in [0.05, 0.1) is 29.0 Å². The molecule has 0 spiro atoms. The number of hydrogen-bond acceptors (Lipinski definition) is 6. The summed E-state index contributed by atoms with van der Waals surface area (Å²) in [6, 6.07) is 9.88. The Morgan fingerprint density at radius 3 is 2.81 bits per heavy atom. The fraction of sp³-hybridized carbons (Fsp3) is 0.0526. The van der Waals surface area contributed by atoms with E-state index in [0.29, 0.717) is 10.9 Å². The van der Waals surface area contributed by atoms with Crippen LogP contribution in [0.25, 0.3) is 22.2 Å². The summed E-state index contributed by atoms with van der Waals surface area (Å²) in [7, 11) is 1.58. The van der Waals surface area contributed by atoms with Crippen molar-refractivity contribution in [3.05, 3.63) is 58.8 Å². The predicted octanol–water partition coefficient (Wildman–Crippen LogP) is 5.61. The van der Waals surface area contributed by atoms with Crippen molar-refractivity contribution in [3.8, 4) is 22.2 Å². The van der Waals surface area contributed by atoms with Gasteiger partial charge in [0, 0.05) is 34.3 Å². The molecule has 0 saturated heterocycles. The van der Waals surface area contributed by atoms with Crippen molar-refractivity contribution in [1.29, 1.82) is 0 Å². The lowest BCUT2D eigenvalue weighted by molar-refractivity contribution is 0.412. The Bertz CT molecular complexity index is 1150. The van der Waals surface area contributed by atoms with Crippen molar-refractivity contribution in [1.82, 2.24) is 9.97 Å². The Morgan fingerprint density at radius 2 is 2.04 bits per heavy atom. The molecule has 2 aromatic carbocycles. The van der Waals surface area contributed by atoms with E-state index in [2.05, 4.69) is 15.3 Å². The van der Waals surface area contributed by atoms with Crippen molar-refractivity contribution >= 4 is 45.2 Å². The first kappa shape index (κ1) is 17.5. The van der Waals surface area contributed by atoms with Crippen LogP contribution < -0.4 is 10.1 Å². The van der Waals surface area contributed by atoms with Crippen LogP contribution in [0.4, 0.5) is 15.8 Å². The Balaban J connectivity index is 1.73. The molecule has 0 aliphatic rings. The molecule has 27 heavy (non-hydrogen) atoms. The fourth-order valence-electron chi connectivity index (χ4n) is 2.68. The Hall–Kier alpha value is -2.90. The maximum Gasteiger partial charge on any atom is 0.273 e. The largest absolute Gasteiger partial charge is 0.505 e. The van der Waals surface area contributed by atoms with Crippen molar-refractivity contribution in [3.63, 3.8) is 0 Å². The molecular formula is C19H13ClFN3O2S. The molecule has 2 aromatic heterocycles. The first-order valence-corrected chi connectivity index (χ1v) is 9.14. The molecule has 0 fully saturated rings. The summed E-state index contributed by atoms with van der Waals surface area (Å²) in [4.78, 5) is 8.81. The number of rotatable bonds is 4. The highest BCUT2D eigenvalue weighted by atomic mass is 35.5.